The van der Waals surface area contributed by atoms with Gasteiger partial charge in [0.15, 0.2) is 6.61 Å². The van der Waals surface area contributed by atoms with Gasteiger partial charge in [0.05, 0.1) is 6.61 Å². The van der Waals surface area contributed by atoms with E-state index < -0.39 is 30.4 Å². The van der Waals surface area contributed by atoms with Crippen LogP contribution >= 0.6 is 0 Å². The maximum Gasteiger partial charge on any atom is 0.342 e. The lowest BCUT2D eigenvalue weighted by atomic mass is 10.1. The Bertz CT molecular complexity index is 727. The smallest absolute Gasteiger partial charge is 0.342 e. The van der Waals surface area contributed by atoms with Crippen molar-refractivity contribution in [3.8, 4) is 0 Å². The van der Waals surface area contributed by atoms with Crippen LogP contribution in [0.4, 0.5) is 5.88 Å². The van der Waals surface area contributed by atoms with Crippen LogP contribution in [0.1, 0.15) is 47.2 Å². The molecule has 0 aliphatic rings. The third-order valence-electron chi connectivity index (χ3n) is 2.82. The van der Waals surface area contributed by atoms with Crippen molar-refractivity contribution >= 4 is 29.6 Å². The summed E-state index contributed by atoms with van der Waals surface area (Å²) in [6.45, 7) is 5.90. The van der Waals surface area contributed by atoms with Crippen LogP contribution in [0.3, 0.4) is 0 Å². The lowest BCUT2D eigenvalue weighted by Crippen LogP contribution is -2.23. The third kappa shape index (κ3) is 5.48. The topological polar surface area (TPSA) is 138 Å². The molecule has 1 aromatic heterocycles. The number of esters is 2. The molecule has 0 radical (unpaired) electrons. The SMILES string of the molecule is CCOC(=O)c1c(C)oc(NC(=O)COC(=O)C=C(C)C)c1C(N)=O. The van der Waals surface area contributed by atoms with Gasteiger partial charge in [0.25, 0.3) is 11.8 Å². The maximum atomic E-state index is 11.9. The second-order valence-corrected chi connectivity index (χ2v) is 5.20. The monoisotopic (exact) mass is 352 g/mol. The highest BCUT2D eigenvalue weighted by Crippen LogP contribution is 2.27. The average molecular weight is 352 g/mol. The van der Waals surface area contributed by atoms with Crippen LogP contribution in [0.25, 0.3) is 0 Å². The molecule has 9 nitrogen and oxygen atoms in total. The van der Waals surface area contributed by atoms with Crippen LogP contribution < -0.4 is 11.1 Å². The van der Waals surface area contributed by atoms with Crippen LogP contribution in [-0.4, -0.2) is 37.0 Å². The zero-order chi connectivity index (χ0) is 19.1. The number of ether oxygens (including phenoxy) is 2. The Morgan fingerprint density at radius 3 is 2.32 bits per heavy atom. The number of hydrogen-bond acceptors (Lipinski definition) is 7. The molecule has 0 aliphatic heterocycles. The van der Waals surface area contributed by atoms with Gasteiger partial charge in [0.2, 0.25) is 5.88 Å². The Kier molecular flexibility index (Phi) is 6.92. The van der Waals surface area contributed by atoms with E-state index in [-0.39, 0.29) is 29.4 Å². The van der Waals surface area contributed by atoms with E-state index in [1.54, 1.807) is 20.8 Å². The molecule has 136 valence electrons. The predicted molar refractivity (Wildman–Crippen MR) is 86.9 cm³/mol. The number of aryl methyl sites for hydroxylation is 1. The van der Waals surface area contributed by atoms with Crippen molar-refractivity contribution in [1.29, 1.82) is 0 Å². The van der Waals surface area contributed by atoms with E-state index in [1.165, 1.54) is 13.0 Å². The summed E-state index contributed by atoms with van der Waals surface area (Å²) >= 11 is 0. The number of carbonyl (C=O) groups is 4. The summed E-state index contributed by atoms with van der Waals surface area (Å²) in [7, 11) is 0. The van der Waals surface area contributed by atoms with E-state index in [1.807, 2.05) is 0 Å². The highest BCUT2D eigenvalue weighted by atomic mass is 16.5. The van der Waals surface area contributed by atoms with Crippen LogP contribution in [0.15, 0.2) is 16.1 Å². The Balaban J connectivity index is 2.95. The fourth-order valence-electron chi connectivity index (χ4n) is 1.89. The molecule has 0 fully saturated rings. The van der Waals surface area contributed by atoms with E-state index in [2.05, 4.69) is 5.32 Å². The summed E-state index contributed by atoms with van der Waals surface area (Å²) in [5.41, 5.74) is 5.51. The zero-order valence-electron chi connectivity index (χ0n) is 14.4. The van der Waals surface area contributed by atoms with E-state index in [0.29, 0.717) is 5.57 Å². The molecule has 0 bridgehead atoms. The molecule has 9 heteroatoms. The lowest BCUT2D eigenvalue weighted by molar-refractivity contribution is -0.142. The minimum atomic E-state index is -0.975. The third-order valence-corrected chi connectivity index (χ3v) is 2.82. The molecule has 0 atom stereocenters. The summed E-state index contributed by atoms with van der Waals surface area (Å²) < 4.78 is 14.8. The van der Waals surface area contributed by atoms with Crippen molar-refractivity contribution in [2.75, 3.05) is 18.5 Å². The first-order valence-electron chi connectivity index (χ1n) is 7.39. The second-order valence-electron chi connectivity index (χ2n) is 5.20. The highest BCUT2D eigenvalue weighted by molar-refractivity contribution is 6.10. The first-order chi connectivity index (χ1) is 11.7. The number of nitrogens with two attached hydrogens (primary N) is 1. The number of rotatable bonds is 7. The fourth-order valence-corrected chi connectivity index (χ4v) is 1.89. The molecule has 25 heavy (non-hydrogen) atoms. The van der Waals surface area contributed by atoms with Gasteiger partial charge in [-0.3, -0.25) is 14.9 Å². The number of primary amides is 1. The molecule has 0 saturated heterocycles. The normalized spacial score (nSPS) is 9.92. The lowest BCUT2D eigenvalue weighted by Gasteiger charge is -2.05. The molecule has 1 rings (SSSR count). The zero-order valence-corrected chi connectivity index (χ0v) is 14.4. The summed E-state index contributed by atoms with van der Waals surface area (Å²) in [4.78, 5) is 46.8. The number of carbonyl (C=O) groups excluding carboxylic acids is 4. The quantitative estimate of drug-likeness (QED) is 0.557. The van der Waals surface area contributed by atoms with Crippen molar-refractivity contribution in [2.45, 2.75) is 27.7 Å². The van der Waals surface area contributed by atoms with Crippen LogP contribution in [0.2, 0.25) is 0 Å². The van der Waals surface area contributed by atoms with E-state index in [9.17, 15) is 19.2 Å². The van der Waals surface area contributed by atoms with Crippen molar-refractivity contribution in [2.24, 2.45) is 5.73 Å². The number of anilines is 1. The Hall–Kier alpha value is -3.10. The van der Waals surface area contributed by atoms with Gasteiger partial charge >= 0.3 is 11.9 Å². The molecule has 1 aromatic rings. The van der Waals surface area contributed by atoms with Gasteiger partial charge in [-0.1, -0.05) is 5.57 Å². The summed E-state index contributed by atoms with van der Waals surface area (Å²) in [5, 5.41) is 2.25. The van der Waals surface area contributed by atoms with Gasteiger partial charge < -0.3 is 19.6 Å². The Morgan fingerprint density at radius 2 is 1.80 bits per heavy atom. The van der Waals surface area contributed by atoms with Crippen LogP contribution in [0, 0.1) is 6.92 Å². The van der Waals surface area contributed by atoms with E-state index in [4.69, 9.17) is 19.6 Å². The van der Waals surface area contributed by atoms with Crippen molar-refractivity contribution in [3.05, 3.63) is 28.5 Å². The molecule has 3 N–H and O–H groups in total. The second kappa shape index (κ2) is 8.67. The van der Waals surface area contributed by atoms with Crippen LogP contribution in [-0.2, 0) is 19.1 Å². The molecule has 1 heterocycles. The Labute approximate surface area is 144 Å². The van der Waals surface area contributed by atoms with Gasteiger partial charge in [-0.25, -0.2) is 9.59 Å². The number of amides is 2. The largest absolute Gasteiger partial charge is 0.462 e. The Morgan fingerprint density at radius 1 is 1.16 bits per heavy atom. The predicted octanol–water partition coefficient (Wildman–Crippen LogP) is 1.31. The number of nitrogens with one attached hydrogen (secondary N) is 1. The van der Waals surface area contributed by atoms with E-state index >= 15 is 0 Å². The average Bonchev–Trinajstić information content (AvgIpc) is 2.81. The van der Waals surface area contributed by atoms with Crippen molar-refractivity contribution in [3.63, 3.8) is 0 Å². The van der Waals surface area contributed by atoms with E-state index in [0.717, 1.165) is 0 Å². The molecule has 0 unspecified atom stereocenters. The molecule has 2 amide bonds. The molecule has 0 aliphatic carbocycles. The van der Waals surface area contributed by atoms with Gasteiger partial charge in [-0.2, -0.15) is 0 Å². The number of furan rings is 1. The van der Waals surface area contributed by atoms with Crippen molar-refractivity contribution in [1.82, 2.24) is 0 Å². The number of hydrogen-bond donors (Lipinski definition) is 2. The standard InChI is InChI=1S/C16H20N2O7/c1-5-23-16(22)12-9(4)25-15(13(12)14(17)21)18-10(19)7-24-11(20)6-8(2)3/h6H,5,7H2,1-4H3,(H2,17,21)(H,18,19). The van der Waals surface area contributed by atoms with Crippen LogP contribution in [0.5, 0.6) is 0 Å². The van der Waals surface area contributed by atoms with Gasteiger partial charge in [-0.15, -0.1) is 0 Å². The highest BCUT2D eigenvalue weighted by Gasteiger charge is 2.29. The maximum absolute atomic E-state index is 11.9. The first kappa shape index (κ1) is 19.9. The molecule has 0 aromatic carbocycles. The minimum absolute atomic E-state index is 0.0593. The molecule has 0 spiro atoms. The summed E-state index contributed by atoms with van der Waals surface area (Å²) in [5.74, 6) is -3.47. The van der Waals surface area contributed by atoms with Gasteiger partial charge in [0, 0.05) is 6.08 Å². The molecular weight excluding hydrogens is 332 g/mol. The fraction of sp³-hybridized carbons (Fsp3) is 0.375. The van der Waals surface area contributed by atoms with Gasteiger partial charge in [-0.05, 0) is 27.7 Å². The molecular formula is C16H20N2O7. The summed E-state index contributed by atoms with van der Waals surface area (Å²) in [6, 6.07) is 0. The first-order valence-corrected chi connectivity index (χ1v) is 7.39. The summed E-state index contributed by atoms with van der Waals surface area (Å²) in [6.07, 6.45) is 1.22. The van der Waals surface area contributed by atoms with Gasteiger partial charge in [0.1, 0.15) is 16.9 Å². The van der Waals surface area contributed by atoms with Crippen molar-refractivity contribution < 1.29 is 33.1 Å². The number of allylic oxidation sites excluding steroid dienone is 1. The minimum Gasteiger partial charge on any atom is -0.462 e. The molecule has 0 saturated carbocycles.